The zero-order valence-electron chi connectivity index (χ0n) is 9.91. The number of sulfone groups is 1. The van der Waals surface area contributed by atoms with Gasteiger partial charge >= 0.3 is 0 Å². The van der Waals surface area contributed by atoms with Crippen molar-refractivity contribution in [1.29, 1.82) is 0 Å². The minimum Gasteiger partial charge on any atom is -0.330 e. The fraction of sp³-hybridized carbons (Fsp3) is 0.455. The number of benzene rings is 1. The number of non-ortho nitro benzene ring substituents is 1. The topological polar surface area (TPSA) is 103 Å². The number of nitrogens with zero attached hydrogens (tertiary/aromatic N) is 1. The van der Waals surface area contributed by atoms with Crippen molar-refractivity contribution in [2.45, 2.75) is 24.2 Å². The maximum Gasteiger partial charge on any atom is 0.269 e. The molecule has 0 aliphatic heterocycles. The van der Waals surface area contributed by atoms with Gasteiger partial charge in [0.15, 0.2) is 9.84 Å². The van der Waals surface area contributed by atoms with E-state index < -0.39 is 14.8 Å². The number of nitrogens with two attached hydrogens (primary N) is 1. The molecular formula is C11H16N2O4S. The first kappa shape index (κ1) is 14.6. The van der Waals surface area contributed by atoms with Crippen molar-refractivity contribution < 1.29 is 13.3 Å². The van der Waals surface area contributed by atoms with Crippen molar-refractivity contribution in [3.8, 4) is 0 Å². The van der Waals surface area contributed by atoms with E-state index in [1.807, 2.05) is 0 Å². The molecule has 1 rings (SSSR count). The molecule has 100 valence electrons. The summed E-state index contributed by atoms with van der Waals surface area (Å²) in [6, 6.07) is 4.95. The molecule has 0 saturated heterocycles. The van der Waals surface area contributed by atoms with Crippen molar-refractivity contribution >= 4 is 15.5 Å². The molecule has 6 nitrogen and oxygen atoms in total. The number of hydrogen-bond acceptors (Lipinski definition) is 5. The van der Waals surface area contributed by atoms with Gasteiger partial charge in [0.2, 0.25) is 0 Å². The van der Waals surface area contributed by atoms with Crippen LogP contribution >= 0.6 is 0 Å². The highest BCUT2D eigenvalue weighted by molar-refractivity contribution is 7.91. The molecule has 0 amide bonds. The van der Waals surface area contributed by atoms with E-state index in [2.05, 4.69) is 0 Å². The van der Waals surface area contributed by atoms with Crippen molar-refractivity contribution in [3.05, 3.63) is 34.4 Å². The second kappa shape index (κ2) is 6.46. The number of nitro groups is 1. The standard InChI is InChI=1S/C11H16N2O4S/c12-8-2-1-3-9-18(16,17)11-6-4-10(5-7-11)13(14)15/h4-7H,1-3,8-9,12H2. The first-order chi connectivity index (χ1) is 8.47. The van der Waals surface area contributed by atoms with E-state index in [1.54, 1.807) is 0 Å². The van der Waals surface area contributed by atoms with E-state index in [0.717, 1.165) is 12.8 Å². The zero-order chi connectivity index (χ0) is 13.6. The van der Waals surface area contributed by atoms with Gasteiger partial charge in [-0.2, -0.15) is 0 Å². The first-order valence-corrected chi connectivity index (χ1v) is 7.30. The molecular weight excluding hydrogens is 256 g/mol. The van der Waals surface area contributed by atoms with Gasteiger partial charge in [0, 0.05) is 12.1 Å². The van der Waals surface area contributed by atoms with E-state index >= 15 is 0 Å². The fourth-order valence-electron chi connectivity index (χ4n) is 1.51. The monoisotopic (exact) mass is 272 g/mol. The Bertz CT molecular complexity index is 496. The molecule has 0 bridgehead atoms. The van der Waals surface area contributed by atoms with E-state index in [0.29, 0.717) is 13.0 Å². The van der Waals surface area contributed by atoms with Crippen LogP contribution in [0.15, 0.2) is 29.2 Å². The average molecular weight is 272 g/mol. The highest BCUT2D eigenvalue weighted by atomic mass is 32.2. The molecule has 0 fully saturated rings. The lowest BCUT2D eigenvalue weighted by Gasteiger charge is -2.03. The molecule has 0 spiro atoms. The zero-order valence-corrected chi connectivity index (χ0v) is 10.7. The second-order valence-corrected chi connectivity index (χ2v) is 6.03. The van der Waals surface area contributed by atoms with E-state index in [4.69, 9.17) is 5.73 Å². The van der Waals surface area contributed by atoms with Gasteiger partial charge in [-0.3, -0.25) is 10.1 Å². The summed E-state index contributed by atoms with van der Waals surface area (Å²) in [7, 11) is -3.35. The highest BCUT2D eigenvalue weighted by Gasteiger charge is 2.15. The Morgan fingerprint density at radius 3 is 2.22 bits per heavy atom. The van der Waals surface area contributed by atoms with Crippen molar-refractivity contribution in [2.24, 2.45) is 5.73 Å². The third-order valence-electron chi connectivity index (χ3n) is 2.52. The highest BCUT2D eigenvalue weighted by Crippen LogP contribution is 2.17. The third-order valence-corrected chi connectivity index (χ3v) is 4.34. The van der Waals surface area contributed by atoms with E-state index in [9.17, 15) is 18.5 Å². The third kappa shape index (κ3) is 4.08. The summed E-state index contributed by atoms with van der Waals surface area (Å²) in [6.45, 7) is 0.553. The number of nitro benzene ring substituents is 1. The lowest BCUT2D eigenvalue weighted by Crippen LogP contribution is -2.08. The summed E-state index contributed by atoms with van der Waals surface area (Å²) in [5.41, 5.74) is 5.21. The van der Waals surface area contributed by atoms with Crippen LogP contribution in [-0.4, -0.2) is 25.6 Å². The van der Waals surface area contributed by atoms with Crippen molar-refractivity contribution in [2.75, 3.05) is 12.3 Å². The molecule has 1 aromatic rings. The maximum atomic E-state index is 11.9. The molecule has 0 aromatic heterocycles. The maximum absolute atomic E-state index is 11.9. The Hall–Kier alpha value is -1.47. The van der Waals surface area contributed by atoms with Gasteiger partial charge in [-0.25, -0.2) is 8.42 Å². The smallest absolute Gasteiger partial charge is 0.269 e. The summed E-state index contributed by atoms with van der Waals surface area (Å²) in [5, 5.41) is 10.5. The number of hydrogen-bond donors (Lipinski definition) is 1. The molecule has 0 aliphatic carbocycles. The Balaban J connectivity index is 2.70. The second-order valence-electron chi connectivity index (χ2n) is 3.92. The molecule has 18 heavy (non-hydrogen) atoms. The normalized spacial score (nSPS) is 11.4. The summed E-state index contributed by atoms with van der Waals surface area (Å²) in [4.78, 5) is 10.0. The molecule has 0 aliphatic rings. The van der Waals surface area contributed by atoms with Crippen LogP contribution in [0.5, 0.6) is 0 Å². The quantitative estimate of drug-likeness (QED) is 0.460. The van der Waals surface area contributed by atoms with E-state index in [1.165, 1.54) is 24.3 Å². The molecule has 0 unspecified atom stereocenters. The van der Waals surface area contributed by atoms with Gasteiger partial charge in [-0.05, 0) is 31.5 Å². The lowest BCUT2D eigenvalue weighted by atomic mass is 10.2. The average Bonchev–Trinajstić information content (AvgIpc) is 2.35. The van der Waals surface area contributed by atoms with Crippen molar-refractivity contribution in [1.82, 2.24) is 0 Å². The van der Waals surface area contributed by atoms with Gasteiger partial charge in [0.05, 0.1) is 15.6 Å². The van der Waals surface area contributed by atoms with Crippen LogP contribution in [0.3, 0.4) is 0 Å². The van der Waals surface area contributed by atoms with Crippen LogP contribution in [0.2, 0.25) is 0 Å². The molecule has 1 aromatic carbocycles. The minimum atomic E-state index is -3.35. The summed E-state index contributed by atoms with van der Waals surface area (Å²) < 4.78 is 23.8. The SMILES string of the molecule is NCCCCCS(=O)(=O)c1ccc([N+](=O)[O-])cc1. The van der Waals surface area contributed by atoms with Crippen molar-refractivity contribution in [3.63, 3.8) is 0 Å². The fourth-order valence-corrected chi connectivity index (χ4v) is 2.88. The van der Waals surface area contributed by atoms with Crippen LogP contribution < -0.4 is 5.73 Å². The summed E-state index contributed by atoms with van der Waals surface area (Å²) in [5.74, 6) is 0.0464. The van der Waals surface area contributed by atoms with Crippen LogP contribution in [0.1, 0.15) is 19.3 Å². The molecule has 0 atom stereocenters. The molecule has 0 heterocycles. The van der Waals surface area contributed by atoms with Crippen LogP contribution in [0, 0.1) is 10.1 Å². The van der Waals surface area contributed by atoms with Gasteiger partial charge in [-0.1, -0.05) is 6.42 Å². The summed E-state index contributed by atoms with van der Waals surface area (Å²) >= 11 is 0. The van der Waals surface area contributed by atoms with Gasteiger partial charge in [0.25, 0.3) is 5.69 Å². The van der Waals surface area contributed by atoms with Gasteiger partial charge < -0.3 is 5.73 Å². The summed E-state index contributed by atoms with van der Waals surface area (Å²) in [6.07, 6.45) is 2.12. The molecule has 7 heteroatoms. The Kier molecular flexibility index (Phi) is 5.24. The number of rotatable bonds is 7. The molecule has 0 saturated carbocycles. The Labute approximate surface area is 106 Å². The molecule has 2 N–H and O–H groups in total. The Morgan fingerprint density at radius 1 is 1.11 bits per heavy atom. The largest absolute Gasteiger partial charge is 0.330 e. The van der Waals surface area contributed by atoms with Crippen LogP contribution in [0.4, 0.5) is 5.69 Å². The van der Waals surface area contributed by atoms with E-state index in [-0.39, 0.29) is 16.3 Å². The van der Waals surface area contributed by atoms with Gasteiger partial charge in [-0.15, -0.1) is 0 Å². The Morgan fingerprint density at radius 2 is 1.72 bits per heavy atom. The number of unbranched alkanes of at least 4 members (excludes halogenated alkanes) is 2. The first-order valence-electron chi connectivity index (χ1n) is 5.64. The lowest BCUT2D eigenvalue weighted by molar-refractivity contribution is -0.384. The minimum absolute atomic E-state index is 0.0464. The van der Waals surface area contributed by atoms with Crippen LogP contribution in [-0.2, 0) is 9.84 Å². The molecule has 0 radical (unpaired) electrons. The predicted molar refractivity (Wildman–Crippen MR) is 68.1 cm³/mol. The predicted octanol–water partition coefficient (Wildman–Crippen LogP) is 1.50. The van der Waals surface area contributed by atoms with Gasteiger partial charge in [0.1, 0.15) is 0 Å². The van der Waals surface area contributed by atoms with Crippen LogP contribution in [0.25, 0.3) is 0 Å².